The minimum absolute atomic E-state index is 0.183. The van der Waals surface area contributed by atoms with Gasteiger partial charge in [-0.25, -0.2) is 4.57 Å². The molecule has 0 saturated heterocycles. The van der Waals surface area contributed by atoms with E-state index in [1.54, 1.807) is 6.08 Å². The first-order chi connectivity index (χ1) is 9.06. The van der Waals surface area contributed by atoms with Crippen LogP contribution in [0, 0.1) is 0 Å². The van der Waals surface area contributed by atoms with Crippen molar-refractivity contribution in [2.45, 2.75) is 6.73 Å². The summed E-state index contributed by atoms with van der Waals surface area (Å²) in [5.74, 6) is -0.366. The average molecular weight is 281 g/mol. The van der Waals surface area contributed by atoms with E-state index in [1.165, 1.54) is 25.3 Å². The van der Waals surface area contributed by atoms with Gasteiger partial charge in [-0.1, -0.05) is 17.4 Å². The first kappa shape index (κ1) is 13.3. The standard InChI is InChI=1S/C12H11NO5S/c1-18-9-4-7(2-3-8(9)15)5-10-11(16)13(6-14)12(17)19-10/h2-5,14,16H,6H2,1H3/b7-5-. The third-order valence-electron chi connectivity index (χ3n) is 2.52. The SMILES string of the molecule is COC1=C/C(=C\c2sc(=O)n(CO)c2O)C=CC1=O. The highest BCUT2D eigenvalue weighted by molar-refractivity contribution is 7.10. The third-order valence-corrected chi connectivity index (χ3v) is 3.44. The predicted molar refractivity (Wildman–Crippen MR) is 69.7 cm³/mol. The van der Waals surface area contributed by atoms with Gasteiger partial charge in [0.15, 0.2) is 5.76 Å². The normalized spacial score (nSPS) is 16.8. The molecule has 7 heteroatoms. The van der Waals surface area contributed by atoms with Gasteiger partial charge in [-0.05, 0) is 23.8 Å². The van der Waals surface area contributed by atoms with Crippen molar-refractivity contribution in [1.82, 2.24) is 4.57 Å². The van der Waals surface area contributed by atoms with Crippen molar-refractivity contribution in [2.75, 3.05) is 7.11 Å². The second-order valence-corrected chi connectivity index (χ2v) is 4.67. The van der Waals surface area contributed by atoms with E-state index in [1.807, 2.05) is 0 Å². The van der Waals surface area contributed by atoms with Crippen LogP contribution in [0.5, 0.6) is 5.88 Å². The van der Waals surface area contributed by atoms with Gasteiger partial charge in [0.1, 0.15) is 6.73 Å². The zero-order chi connectivity index (χ0) is 14.0. The largest absolute Gasteiger partial charge is 0.493 e. The Labute approximate surface area is 112 Å². The molecular formula is C12H11NO5S. The molecule has 1 aliphatic rings. The number of thiazole rings is 1. The highest BCUT2D eigenvalue weighted by Crippen LogP contribution is 2.25. The van der Waals surface area contributed by atoms with E-state index >= 15 is 0 Å². The van der Waals surface area contributed by atoms with E-state index in [0.29, 0.717) is 10.5 Å². The minimum atomic E-state index is -0.585. The minimum Gasteiger partial charge on any atom is -0.493 e. The lowest BCUT2D eigenvalue weighted by atomic mass is 10.1. The number of hydrogen-bond donors (Lipinski definition) is 2. The van der Waals surface area contributed by atoms with Crippen molar-refractivity contribution >= 4 is 23.2 Å². The molecule has 6 nitrogen and oxygen atoms in total. The second-order valence-electron chi connectivity index (χ2n) is 3.68. The van der Waals surface area contributed by atoms with E-state index in [0.717, 1.165) is 15.9 Å². The zero-order valence-electron chi connectivity index (χ0n) is 9.99. The van der Waals surface area contributed by atoms with Crippen LogP contribution in [0.25, 0.3) is 6.08 Å². The van der Waals surface area contributed by atoms with Crippen LogP contribution in [0.3, 0.4) is 0 Å². The summed E-state index contributed by atoms with van der Waals surface area (Å²) in [7, 11) is 1.39. The van der Waals surface area contributed by atoms with Crippen LogP contribution < -0.4 is 4.87 Å². The average Bonchev–Trinajstić information content (AvgIpc) is 2.66. The lowest BCUT2D eigenvalue weighted by Crippen LogP contribution is -2.11. The summed E-state index contributed by atoms with van der Waals surface area (Å²) in [4.78, 5) is 22.6. The maximum atomic E-state index is 11.4. The first-order valence-corrected chi connectivity index (χ1v) is 6.11. The number of aromatic hydroxyl groups is 1. The number of rotatable bonds is 3. The van der Waals surface area contributed by atoms with Gasteiger partial charge in [0.05, 0.1) is 12.0 Å². The molecule has 2 rings (SSSR count). The smallest absolute Gasteiger partial charge is 0.312 e. The number of carbonyl (C=O) groups excluding carboxylic acids is 1. The summed E-state index contributed by atoms with van der Waals surface area (Å²) >= 11 is 0.801. The third kappa shape index (κ3) is 2.51. The van der Waals surface area contributed by atoms with Crippen molar-refractivity contribution in [3.05, 3.63) is 44.1 Å². The molecule has 100 valence electrons. The van der Waals surface area contributed by atoms with Gasteiger partial charge in [0.25, 0.3) is 0 Å². The Balaban J connectivity index is 2.43. The highest BCUT2D eigenvalue weighted by atomic mass is 32.1. The number of carbonyl (C=O) groups is 1. The van der Waals surface area contributed by atoms with Crippen molar-refractivity contribution in [3.63, 3.8) is 0 Å². The second kappa shape index (κ2) is 5.25. The Hall–Kier alpha value is -2.12. The summed E-state index contributed by atoms with van der Waals surface area (Å²) < 4.78 is 5.75. The zero-order valence-corrected chi connectivity index (χ0v) is 10.8. The molecule has 0 bridgehead atoms. The van der Waals surface area contributed by atoms with Crippen LogP contribution in [0.1, 0.15) is 4.88 Å². The fraction of sp³-hybridized carbons (Fsp3) is 0.167. The van der Waals surface area contributed by atoms with E-state index in [-0.39, 0.29) is 17.4 Å². The van der Waals surface area contributed by atoms with E-state index in [4.69, 9.17) is 9.84 Å². The van der Waals surface area contributed by atoms with Crippen molar-refractivity contribution in [2.24, 2.45) is 0 Å². The number of ether oxygens (including phenoxy) is 1. The number of aromatic nitrogens is 1. The van der Waals surface area contributed by atoms with Crippen molar-refractivity contribution in [3.8, 4) is 5.88 Å². The van der Waals surface area contributed by atoms with Crippen molar-refractivity contribution in [1.29, 1.82) is 0 Å². The van der Waals surface area contributed by atoms with Crippen molar-refractivity contribution < 1.29 is 19.7 Å². The summed E-state index contributed by atoms with van der Waals surface area (Å²) in [6, 6.07) is 0. The first-order valence-electron chi connectivity index (χ1n) is 5.30. The van der Waals surface area contributed by atoms with Crippen LogP contribution >= 0.6 is 11.3 Å². The van der Waals surface area contributed by atoms with E-state index < -0.39 is 11.6 Å². The number of hydrogen-bond acceptors (Lipinski definition) is 6. The van der Waals surface area contributed by atoms with Crippen LogP contribution in [-0.2, 0) is 16.3 Å². The molecule has 0 radical (unpaired) electrons. The summed E-state index contributed by atoms with van der Waals surface area (Å²) in [5.41, 5.74) is 0.609. The van der Waals surface area contributed by atoms with Gasteiger partial charge < -0.3 is 14.9 Å². The van der Waals surface area contributed by atoms with Gasteiger partial charge in [-0.3, -0.25) is 9.59 Å². The molecule has 2 N–H and O–H groups in total. The van der Waals surface area contributed by atoms with Crippen LogP contribution in [0.2, 0.25) is 0 Å². The molecule has 1 aromatic rings. The van der Waals surface area contributed by atoms with Gasteiger partial charge in [0, 0.05) is 0 Å². The lowest BCUT2D eigenvalue weighted by Gasteiger charge is -2.07. The van der Waals surface area contributed by atoms with Gasteiger partial charge in [-0.15, -0.1) is 0 Å². The highest BCUT2D eigenvalue weighted by Gasteiger charge is 2.14. The number of aliphatic hydroxyl groups excluding tert-OH is 1. The summed E-state index contributed by atoms with van der Waals surface area (Å²) in [5, 5.41) is 18.7. The number of aliphatic hydroxyl groups is 1. The molecule has 19 heavy (non-hydrogen) atoms. The maximum Gasteiger partial charge on any atom is 0.312 e. The summed E-state index contributed by atoms with van der Waals surface area (Å²) in [6.45, 7) is -0.585. The Morgan fingerprint density at radius 3 is 2.74 bits per heavy atom. The topological polar surface area (TPSA) is 88.8 Å². The van der Waals surface area contributed by atoms with E-state index in [9.17, 15) is 14.7 Å². The Bertz CT molecular complexity index is 662. The molecule has 1 aliphatic carbocycles. The maximum absolute atomic E-state index is 11.4. The van der Waals surface area contributed by atoms with Crippen LogP contribution in [0.4, 0.5) is 0 Å². The molecule has 0 spiro atoms. The Morgan fingerprint density at radius 2 is 2.16 bits per heavy atom. The number of methoxy groups -OCH3 is 1. The number of ketones is 1. The molecule has 0 atom stereocenters. The predicted octanol–water partition coefficient (Wildman–Crippen LogP) is 0.618. The van der Waals surface area contributed by atoms with Gasteiger partial charge >= 0.3 is 4.87 Å². The fourth-order valence-corrected chi connectivity index (χ4v) is 2.40. The molecule has 1 aromatic heterocycles. The van der Waals surface area contributed by atoms with Crippen LogP contribution in [-0.4, -0.2) is 27.7 Å². The molecule has 0 unspecified atom stereocenters. The Kier molecular flexibility index (Phi) is 3.68. The monoisotopic (exact) mass is 281 g/mol. The fourth-order valence-electron chi connectivity index (χ4n) is 1.56. The molecular weight excluding hydrogens is 270 g/mol. The molecule has 0 saturated carbocycles. The number of nitrogens with zero attached hydrogens (tertiary/aromatic N) is 1. The quantitative estimate of drug-likeness (QED) is 0.847. The summed E-state index contributed by atoms with van der Waals surface area (Å²) in [6.07, 6.45) is 5.94. The lowest BCUT2D eigenvalue weighted by molar-refractivity contribution is -0.114. The van der Waals surface area contributed by atoms with Crippen LogP contribution in [0.15, 0.2) is 34.4 Å². The van der Waals surface area contributed by atoms with Gasteiger partial charge in [-0.2, -0.15) is 0 Å². The van der Waals surface area contributed by atoms with Gasteiger partial charge in [0.2, 0.25) is 11.7 Å². The number of allylic oxidation sites excluding steroid dienone is 4. The van der Waals surface area contributed by atoms with E-state index in [2.05, 4.69) is 0 Å². The molecule has 0 aromatic carbocycles. The molecule has 0 aliphatic heterocycles. The molecule has 0 fully saturated rings. The Morgan fingerprint density at radius 1 is 1.42 bits per heavy atom. The molecule has 0 amide bonds. The molecule has 1 heterocycles.